The van der Waals surface area contributed by atoms with Gasteiger partial charge in [-0.25, -0.2) is 0 Å². The maximum Gasteiger partial charge on any atom is 0.254 e. The zero-order valence-corrected chi connectivity index (χ0v) is 14.7. The highest BCUT2D eigenvalue weighted by molar-refractivity contribution is 6.30. The molecular formula is C19H22ClNO2. The van der Waals surface area contributed by atoms with Crippen LogP contribution in [0.1, 0.15) is 36.7 Å². The summed E-state index contributed by atoms with van der Waals surface area (Å²) >= 11 is 5.93. The molecule has 122 valence electrons. The van der Waals surface area contributed by atoms with E-state index in [1.165, 1.54) is 0 Å². The lowest BCUT2D eigenvalue weighted by molar-refractivity contribution is 0.0559. The monoisotopic (exact) mass is 331 g/mol. The fourth-order valence-electron chi connectivity index (χ4n) is 2.28. The summed E-state index contributed by atoms with van der Waals surface area (Å²) in [6.45, 7) is 6.63. The Hall–Kier alpha value is -2.00. The highest BCUT2D eigenvalue weighted by atomic mass is 35.5. The first-order chi connectivity index (χ1) is 10.8. The molecule has 0 aliphatic rings. The van der Waals surface area contributed by atoms with E-state index in [4.69, 9.17) is 16.3 Å². The van der Waals surface area contributed by atoms with Gasteiger partial charge in [0, 0.05) is 22.7 Å². The van der Waals surface area contributed by atoms with Crippen molar-refractivity contribution in [3.8, 4) is 5.75 Å². The molecule has 2 aromatic carbocycles. The number of amides is 1. The predicted octanol–water partition coefficient (Wildman–Crippen LogP) is 4.79. The molecule has 0 saturated carbocycles. The molecule has 0 heterocycles. The zero-order valence-electron chi connectivity index (χ0n) is 14.0. The van der Waals surface area contributed by atoms with Gasteiger partial charge in [0.25, 0.3) is 5.91 Å². The fraction of sp³-hybridized carbons (Fsp3) is 0.316. The molecule has 4 heteroatoms. The van der Waals surface area contributed by atoms with Crippen LogP contribution in [0.2, 0.25) is 5.02 Å². The largest absolute Gasteiger partial charge is 0.497 e. The third-order valence-electron chi connectivity index (χ3n) is 3.65. The van der Waals surface area contributed by atoms with Gasteiger partial charge >= 0.3 is 0 Å². The Labute approximate surface area is 142 Å². The smallest absolute Gasteiger partial charge is 0.254 e. The minimum absolute atomic E-state index is 0.00453. The summed E-state index contributed by atoms with van der Waals surface area (Å²) in [6, 6.07) is 14.8. The van der Waals surface area contributed by atoms with Crippen LogP contribution in [-0.4, -0.2) is 23.5 Å². The second kappa shape index (κ2) is 7.05. The summed E-state index contributed by atoms with van der Waals surface area (Å²) in [5.74, 6) is 0.733. The van der Waals surface area contributed by atoms with Crippen molar-refractivity contribution in [1.82, 2.24) is 4.90 Å². The molecule has 0 saturated heterocycles. The summed E-state index contributed by atoms with van der Waals surface area (Å²) < 4.78 is 5.15. The average Bonchev–Trinajstić information content (AvgIpc) is 2.52. The highest BCUT2D eigenvalue weighted by Gasteiger charge is 2.27. The van der Waals surface area contributed by atoms with Gasteiger partial charge in [0.05, 0.1) is 7.11 Å². The van der Waals surface area contributed by atoms with Crippen molar-refractivity contribution < 1.29 is 9.53 Å². The zero-order chi connectivity index (χ0) is 17.0. The van der Waals surface area contributed by atoms with E-state index in [1.807, 2.05) is 49.9 Å². The molecule has 0 N–H and O–H groups in total. The Morgan fingerprint density at radius 3 is 2.09 bits per heavy atom. The van der Waals surface area contributed by atoms with E-state index in [0.717, 1.165) is 11.3 Å². The van der Waals surface area contributed by atoms with E-state index in [2.05, 4.69) is 0 Å². The Balaban J connectivity index is 2.26. The van der Waals surface area contributed by atoms with E-state index in [9.17, 15) is 4.79 Å². The first-order valence-corrected chi connectivity index (χ1v) is 7.89. The van der Waals surface area contributed by atoms with E-state index in [1.54, 1.807) is 31.4 Å². The molecule has 0 unspecified atom stereocenters. The van der Waals surface area contributed by atoms with Crippen molar-refractivity contribution in [1.29, 1.82) is 0 Å². The quantitative estimate of drug-likeness (QED) is 0.806. The van der Waals surface area contributed by atoms with Crippen LogP contribution < -0.4 is 4.74 Å². The number of halogens is 1. The van der Waals surface area contributed by atoms with Crippen LogP contribution in [0.5, 0.6) is 5.75 Å². The molecule has 1 amide bonds. The number of hydrogen-bond acceptors (Lipinski definition) is 2. The lowest BCUT2D eigenvalue weighted by Gasteiger charge is -2.36. The van der Waals surface area contributed by atoms with Gasteiger partial charge in [-0.2, -0.15) is 0 Å². The van der Waals surface area contributed by atoms with Crippen LogP contribution in [0.3, 0.4) is 0 Å². The Bertz CT molecular complexity index is 657. The second-order valence-corrected chi connectivity index (χ2v) is 6.85. The molecule has 0 atom stereocenters. The SMILES string of the molecule is COc1ccc(C(=O)N(Cc2ccc(Cl)cc2)C(C)(C)C)cc1. The van der Waals surface area contributed by atoms with Crippen LogP contribution in [0.15, 0.2) is 48.5 Å². The van der Waals surface area contributed by atoms with Crippen LogP contribution >= 0.6 is 11.6 Å². The van der Waals surface area contributed by atoms with Crippen molar-refractivity contribution in [2.75, 3.05) is 7.11 Å². The van der Waals surface area contributed by atoms with Crippen LogP contribution in [-0.2, 0) is 6.54 Å². The number of methoxy groups -OCH3 is 1. The standard InChI is InChI=1S/C19H22ClNO2/c1-19(2,3)21(13-14-5-9-16(20)10-6-14)18(22)15-7-11-17(23-4)12-8-15/h5-12H,13H2,1-4H3. The maximum absolute atomic E-state index is 12.9. The van der Waals surface area contributed by atoms with Crippen molar-refractivity contribution in [3.05, 3.63) is 64.7 Å². The number of rotatable bonds is 4. The van der Waals surface area contributed by atoms with Gasteiger partial charge in [-0.1, -0.05) is 23.7 Å². The molecule has 0 spiro atoms. The molecule has 3 nitrogen and oxygen atoms in total. The fourth-order valence-corrected chi connectivity index (χ4v) is 2.40. The molecule has 0 aliphatic carbocycles. The normalized spacial score (nSPS) is 11.2. The molecule has 0 bridgehead atoms. The Morgan fingerprint density at radius 2 is 1.61 bits per heavy atom. The summed E-state index contributed by atoms with van der Waals surface area (Å²) in [5, 5.41) is 0.692. The van der Waals surface area contributed by atoms with E-state index < -0.39 is 0 Å². The molecule has 0 radical (unpaired) electrons. The number of carbonyl (C=O) groups is 1. The average molecular weight is 332 g/mol. The van der Waals surface area contributed by atoms with Crippen LogP contribution in [0, 0.1) is 0 Å². The molecular weight excluding hydrogens is 310 g/mol. The third-order valence-corrected chi connectivity index (χ3v) is 3.90. The van der Waals surface area contributed by atoms with Gasteiger partial charge in [0.15, 0.2) is 0 Å². The van der Waals surface area contributed by atoms with E-state index >= 15 is 0 Å². The minimum Gasteiger partial charge on any atom is -0.497 e. The molecule has 23 heavy (non-hydrogen) atoms. The second-order valence-electron chi connectivity index (χ2n) is 6.42. The van der Waals surface area contributed by atoms with E-state index in [0.29, 0.717) is 17.1 Å². The number of ether oxygens (including phenoxy) is 1. The van der Waals surface area contributed by atoms with Crippen LogP contribution in [0.25, 0.3) is 0 Å². The van der Waals surface area contributed by atoms with Gasteiger partial charge in [-0.15, -0.1) is 0 Å². The molecule has 0 fully saturated rings. The number of carbonyl (C=O) groups excluding carboxylic acids is 1. The molecule has 0 aliphatic heterocycles. The van der Waals surface area contributed by atoms with Gasteiger partial charge in [-0.05, 0) is 62.7 Å². The molecule has 2 aromatic rings. The van der Waals surface area contributed by atoms with Crippen molar-refractivity contribution in [2.45, 2.75) is 32.9 Å². The Kier molecular flexibility index (Phi) is 5.32. The van der Waals surface area contributed by atoms with Gasteiger partial charge in [0.2, 0.25) is 0 Å². The number of nitrogens with zero attached hydrogens (tertiary/aromatic N) is 1. The first kappa shape index (κ1) is 17.4. The van der Waals surface area contributed by atoms with Crippen molar-refractivity contribution in [3.63, 3.8) is 0 Å². The van der Waals surface area contributed by atoms with Crippen molar-refractivity contribution in [2.24, 2.45) is 0 Å². The minimum atomic E-state index is -0.295. The van der Waals surface area contributed by atoms with Crippen LogP contribution in [0.4, 0.5) is 0 Å². The predicted molar refractivity (Wildman–Crippen MR) is 94.1 cm³/mol. The highest BCUT2D eigenvalue weighted by Crippen LogP contribution is 2.22. The first-order valence-electron chi connectivity index (χ1n) is 7.52. The summed E-state index contributed by atoms with van der Waals surface area (Å²) in [4.78, 5) is 14.8. The lowest BCUT2D eigenvalue weighted by Crippen LogP contribution is -2.45. The number of benzene rings is 2. The van der Waals surface area contributed by atoms with Gasteiger partial charge < -0.3 is 9.64 Å². The Morgan fingerprint density at radius 1 is 1.04 bits per heavy atom. The molecule has 2 rings (SSSR count). The maximum atomic E-state index is 12.9. The summed E-state index contributed by atoms with van der Waals surface area (Å²) in [6.07, 6.45) is 0. The number of hydrogen-bond donors (Lipinski definition) is 0. The third kappa shape index (κ3) is 4.49. The summed E-state index contributed by atoms with van der Waals surface area (Å²) in [7, 11) is 1.61. The van der Waals surface area contributed by atoms with Gasteiger partial charge in [-0.3, -0.25) is 4.79 Å². The van der Waals surface area contributed by atoms with Crippen molar-refractivity contribution >= 4 is 17.5 Å². The summed E-state index contributed by atoms with van der Waals surface area (Å²) in [5.41, 5.74) is 1.40. The van der Waals surface area contributed by atoms with E-state index in [-0.39, 0.29) is 11.4 Å². The topological polar surface area (TPSA) is 29.5 Å². The molecule has 0 aromatic heterocycles. The van der Waals surface area contributed by atoms with Gasteiger partial charge in [0.1, 0.15) is 5.75 Å². The lowest BCUT2D eigenvalue weighted by atomic mass is 10.0.